The number of likely N-dealkylation sites (N-methyl/N-ethyl adjacent to an activating group) is 1. The highest BCUT2D eigenvalue weighted by molar-refractivity contribution is 5.89. The molecule has 0 spiro atoms. The van der Waals surface area contributed by atoms with E-state index in [1.807, 2.05) is 12.1 Å². The molecule has 1 amide bonds. The van der Waals surface area contributed by atoms with Crippen LogP contribution in [0.4, 0.5) is 0 Å². The van der Waals surface area contributed by atoms with Crippen LogP contribution in [-0.2, 0) is 16.1 Å². The van der Waals surface area contributed by atoms with Gasteiger partial charge in [-0.25, -0.2) is 9.79 Å². The number of esters is 1. The highest BCUT2D eigenvalue weighted by Gasteiger charge is 2.06. The number of rotatable bonds is 7. The molecule has 0 atom stereocenters. The summed E-state index contributed by atoms with van der Waals surface area (Å²) < 4.78 is 4.67. The monoisotopic (exact) mass is 334 g/mol. The number of methoxy groups -OCH3 is 1. The highest BCUT2D eigenvalue weighted by atomic mass is 16.5. The maximum absolute atomic E-state index is 11.7. The van der Waals surface area contributed by atoms with Crippen LogP contribution in [0.3, 0.4) is 0 Å². The molecule has 0 aliphatic rings. The molecule has 2 N–H and O–H groups in total. The molecule has 7 heteroatoms. The van der Waals surface area contributed by atoms with E-state index in [4.69, 9.17) is 0 Å². The second-order valence-corrected chi connectivity index (χ2v) is 5.42. The van der Waals surface area contributed by atoms with Gasteiger partial charge in [-0.15, -0.1) is 0 Å². The van der Waals surface area contributed by atoms with E-state index in [9.17, 15) is 9.59 Å². The molecule has 0 heterocycles. The maximum atomic E-state index is 11.7. The van der Waals surface area contributed by atoms with Crippen LogP contribution in [0, 0.1) is 0 Å². The molecule has 0 aromatic heterocycles. The molecule has 0 aliphatic carbocycles. The lowest BCUT2D eigenvalue weighted by atomic mass is 10.1. The van der Waals surface area contributed by atoms with Crippen molar-refractivity contribution in [3.05, 3.63) is 35.4 Å². The topological polar surface area (TPSA) is 83.0 Å². The average Bonchev–Trinajstić information content (AvgIpc) is 2.60. The number of nitrogens with zero attached hydrogens (tertiary/aromatic N) is 2. The van der Waals surface area contributed by atoms with E-state index >= 15 is 0 Å². The molecule has 7 nitrogen and oxygen atoms in total. The van der Waals surface area contributed by atoms with Crippen molar-refractivity contribution in [2.45, 2.75) is 19.9 Å². The van der Waals surface area contributed by atoms with E-state index in [-0.39, 0.29) is 18.4 Å². The number of amides is 1. The van der Waals surface area contributed by atoms with Crippen LogP contribution in [0.2, 0.25) is 0 Å². The van der Waals surface area contributed by atoms with Gasteiger partial charge in [0.05, 0.1) is 25.8 Å². The summed E-state index contributed by atoms with van der Waals surface area (Å²) in [6.07, 6.45) is 0.955. The van der Waals surface area contributed by atoms with E-state index in [0.717, 1.165) is 18.5 Å². The fraction of sp³-hybridized carbons (Fsp3) is 0.471. The van der Waals surface area contributed by atoms with Crippen molar-refractivity contribution in [2.24, 2.45) is 4.99 Å². The molecule has 24 heavy (non-hydrogen) atoms. The van der Waals surface area contributed by atoms with Crippen LogP contribution in [0.5, 0.6) is 0 Å². The number of nitrogens with one attached hydrogen (secondary N) is 2. The van der Waals surface area contributed by atoms with Crippen LogP contribution in [-0.4, -0.2) is 57.0 Å². The first-order valence-corrected chi connectivity index (χ1v) is 7.87. The van der Waals surface area contributed by atoms with Gasteiger partial charge < -0.3 is 20.3 Å². The number of carbonyl (C=O) groups is 2. The number of hydrogen-bond acceptors (Lipinski definition) is 4. The second kappa shape index (κ2) is 10.3. The van der Waals surface area contributed by atoms with Gasteiger partial charge >= 0.3 is 5.97 Å². The Hall–Kier alpha value is -2.57. The van der Waals surface area contributed by atoms with Crippen molar-refractivity contribution in [3.63, 3.8) is 0 Å². The van der Waals surface area contributed by atoms with Gasteiger partial charge in [0.25, 0.3) is 0 Å². The molecule has 0 fully saturated rings. The summed E-state index contributed by atoms with van der Waals surface area (Å²) in [5.74, 6) is 0.201. The van der Waals surface area contributed by atoms with Crippen molar-refractivity contribution in [3.8, 4) is 0 Å². The van der Waals surface area contributed by atoms with Crippen LogP contribution in [0.1, 0.15) is 29.3 Å². The molecule has 0 saturated carbocycles. The number of guanidine groups is 1. The van der Waals surface area contributed by atoms with Gasteiger partial charge in [0, 0.05) is 20.6 Å². The summed E-state index contributed by atoms with van der Waals surface area (Å²) in [6, 6.07) is 7.08. The van der Waals surface area contributed by atoms with E-state index < -0.39 is 0 Å². The van der Waals surface area contributed by atoms with Crippen molar-refractivity contribution in [1.29, 1.82) is 0 Å². The van der Waals surface area contributed by atoms with Gasteiger partial charge in [0.1, 0.15) is 0 Å². The molecular weight excluding hydrogens is 308 g/mol. The second-order valence-electron chi connectivity index (χ2n) is 5.42. The van der Waals surface area contributed by atoms with Gasteiger partial charge in [0.2, 0.25) is 5.91 Å². The normalized spacial score (nSPS) is 10.9. The van der Waals surface area contributed by atoms with Gasteiger partial charge in [-0.1, -0.05) is 19.1 Å². The molecule has 0 radical (unpaired) electrons. The maximum Gasteiger partial charge on any atom is 0.337 e. The standard InChI is InChI=1S/C17H26N4O3/c1-5-10-18-17(20-12-15(22)21(2)3)19-11-13-6-8-14(9-7-13)16(23)24-4/h6-9H,5,10-12H2,1-4H3,(H2,18,19,20). The van der Waals surface area contributed by atoms with Crippen LogP contribution in [0.15, 0.2) is 29.3 Å². The van der Waals surface area contributed by atoms with Gasteiger partial charge in [0.15, 0.2) is 5.96 Å². The predicted molar refractivity (Wildman–Crippen MR) is 93.9 cm³/mol. The lowest BCUT2D eigenvalue weighted by molar-refractivity contribution is -0.127. The summed E-state index contributed by atoms with van der Waals surface area (Å²) in [7, 11) is 4.78. The minimum atomic E-state index is -0.362. The largest absolute Gasteiger partial charge is 0.465 e. The molecule has 1 aromatic rings. The van der Waals surface area contributed by atoms with Crippen molar-refractivity contribution in [2.75, 3.05) is 34.3 Å². The average molecular weight is 334 g/mol. The minimum absolute atomic E-state index is 0.0246. The summed E-state index contributed by atoms with van der Waals surface area (Å²) >= 11 is 0. The molecule has 1 rings (SSSR count). The van der Waals surface area contributed by atoms with Crippen molar-refractivity contribution >= 4 is 17.8 Å². The van der Waals surface area contributed by atoms with E-state index in [2.05, 4.69) is 27.3 Å². The summed E-state index contributed by atoms with van der Waals surface area (Å²) in [6.45, 7) is 3.45. The first-order valence-electron chi connectivity index (χ1n) is 7.87. The third-order valence-corrected chi connectivity index (χ3v) is 3.24. The Balaban J connectivity index is 2.68. The number of aliphatic imine (C=N–C) groups is 1. The Bertz CT molecular complexity index is 568. The molecule has 0 aliphatic heterocycles. The van der Waals surface area contributed by atoms with E-state index in [1.165, 1.54) is 12.0 Å². The Labute approximate surface area is 143 Å². The first kappa shape index (κ1) is 19.5. The highest BCUT2D eigenvalue weighted by Crippen LogP contribution is 2.06. The van der Waals surface area contributed by atoms with Gasteiger partial charge in [-0.05, 0) is 24.1 Å². The van der Waals surface area contributed by atoms with Crippen LogP contribution in [0.25, 0.3) is 0 Å². The molecule has 132 valence electrons. The Morgan fingerprint density at radius 1 is 1.17 bits per heavy atom. The number of ether oxygens (including phenoxy) is 1. The molecule has 0 bridgehead atoms. The summed E-state index contributed by atoms with van der Waals surface area (Å²) in [4.78, 5) is 29.1. The van der Waals surface area contributed by atoms with E-state index in [0.29, 0.717) is 18.1 Å². The Kier molecular flexibility index (Phi) is 8.32. The SMILES string of the molecule is CCCNC(=NCc1ccc(C(=O)OC)cc1)NCC(=O)N(C)C. The molecule has 0 unspecified atom stereocenters. The third kappa shape index (κ3) is 6.68. The fourth-order valence-corrected chi connectivity index (χ4v) is 1.77. The van der Waals surface area contributed by atoms with E-state index in [1.54, 1.807) is 26.2 Å². The lowest BCUT2D eigenvalue weighted by Gasteiger charge is -2.14. The molecule has 0 saturated heterocycles. The number of hydrogen-bond donors (Lipinski definition) is 2. The first-order chi connectivity index (χ1) is 11.5. The summed E-state index contributed by atoms with van der Waals surface area (Å²) in [5, 5.41) is 6.18. The zero-order chi connectivity index (χ0) is 17.9. The number of benzene rings is 1. The van der Waals surface area contributed by atoms with Crippen molar-refractivity contribution < 1.29 is 14.3 Å². The molecular formula is C17H26N4O3. The fourth-order valence-electron chi connectivity index (χ4n) is 1.77. The van der Waals surface area contributed by atoms with Gasteiger partial charge in [-0.3, -0.25) is 4.79 Å². The Morgan fingerprint density at radius 3 is 2.38 bits per heavy atom. The third-order valence-electron chi connectivity index (χ3n) is 3.24. The number of carbonyl (C=O) groups excluding carboxylic acids is 2. The van der Waals surface area contributed by atoms with Crippen molar-refractivity contribution in [1.82, 2.24) is 15.5 Å². The molecule has 1 aromatic carbocycles. The quantitative estimate of drug-likeness (QED) is 0.442. The lowest BCUT2D eigenvalue weighted by Crippen LogP contribution is -2.43. The van der Waals surface area contributed by atoms with Crippen LogP contribution < -0.4 is 10.6 Å². The smallest absolute Gasteiger partial charge is 0.337 e. The minimum Gasteiger partial charge on any atom is -0.465 e. The van der Waals surface area contributed by atoms with Gasteiger partial charge in [-0.2, -0.15) is 0 Å². The predicted octanol–water partition coefficient (Wildman–Crippen LogP) is 1.01. The zero-order valence-electron chi connectivity index (χ0n) is 14.8. The van der Waals surface area contributed by atoms with Crippen LogP contribution >= 0.6 is 0 Å². The zero-order valence-corrected chi connectivity index (χ0v) is 14.8. The Morgan fingerprint density at radius 2 is 1.83 bits per heavy atom. The summed E-state index contributed by atoms with van der Waals surface area (Å²) in [5.41, 5.74) is 1.46.